The average molecular weight is 423 g/mol. The molecule has 26 heavy (non-hydrogen) atoms. The molecule has 3 fully saturated rings. The maximum absolute atomic E-state index is 12.7. The fraction of sp³-hybridized carbons (Fsp3) is 0.684. The summed E-state index contributed by atoms with van der Waals surface area (Å²) in [6.07, 6.45) is 3.29. The quantitative estimate of drug-likeness (QED) is 0.739. The number of ether oxygens (including phenoxy) is 1. The number of carbonyl (C=O) groups excluding carboxylic acids is 1. The van der Waals surface area contributed by atoms with Crippen molar-refractivity contribution < 1.29 is 9.53 Å². The summed E-state index contributed by atoms with van der Waals surface area (Å²) in [7, 11) is 0. The molecule has 6 nitrogen and oxygen atoms in total. The second-order valence-corrected chi connectivity index (χ2v) is 8.84. The van der Waals surface area contributed by atoms with Crippen LogP contribution in [0.4, 0.5) is 0 Å². The Bertz CT molecular complexity index is 645. The van der Waals surface area contributed by atoms with Crippen LogP contribution in [-0.4, -0.2) is 82.6 Å². The third-order valence-corrected chi connectivity index (χ3v) is 6.20. The zero-order valence-electron chi connectivity index (χ0n) is 15.5. The van der Waals surface area contributed by atoms with E-state index in [0.29, 0.717) is 31.7 Å². The van der Waals surface area contributed by atoms with Gasteiger partial charge in [0, 0.05) is 55.5 Å². The predicted octanol–water partition coefficient (Wildman–Crippen LogP) is 1.74. The molecule has 0 aliphatic carbocycles. The maximum atomic E-state index is 12.7. The van der Waals surface area contributed by atoms with Gasteiger partial charge in [0.1, 0.15) is 0 Å². The van der Waals surface area contributed by atoms with Crippen molar-refractivity contribution in [2.45, 2.75) is 51.1 Å². The van der Waals surface area contributed by atoms with Crippen LogP contribution < -0.4 is 0 Å². The summed E-state index contributed by atoms with van der Waals surface area (Å²) in [5.41, 5.74) is 1.11. The van der Waals surface area contributed by atoms with E-state index in [-0.39, 0.29) is 18.1 Å². The van der Waals surface area contributed by atoms with Crippen molar-refractivity contribution in [1.82, 2.24) is 19.7 Å². The Kier molecular flexibility index (Phi) is 5.32. The van der Waals surface area contributed by atoms with Gasteiger partial charge in [-0.05, 0) is 48.3 Å². The number of hydrogen-bond donors (Lipinski definition) is 0. The van der Waals surface area contributed by atoms with Crippen molar-refractivity contribution in [3.05, 3.63) is 28.5 Å². The van der Waals surface area contributed by atoms with Crippen molar-refractivity contribution in [3.8, 4) is 0 Å². The Morgan fingerprint density at radius 3 is 2.46 bits per heavy atom. The van der Waals surface area contributed by atoms with Crippen molar-refractivity contribution in [1.29, 1.82) is 0 Å². The summed E-state index contributed by atoms with van der Waals surface area (Å²) < 4.78 is 6.76. The topological polar surface area (TPSA) is 48.9 Å². The van der Waals surface area contributed by atoms with Crippen LogP contribution in [0.1, 0.15) is 26.0 Å². The first-order valence-corrected chi connectivity index (χ1v) is 10.3. The van der Waals surface area contributed by atoms with Crippen LogP contribution in [0.2, 0.25) is 0 Å². The highest BCUT2D eigenvalue weighted by molar-refractivity contribution is 9.10. The molecule has 0 saturated carbocycles. The third kappa shape index (κ3) is 3.96. The number of rotatable bonds is 4. The molecule has 2 bridgehead atoms. The summed E-state index contributed by atoms with van der Waals surface area (Å²) in [4.78, 5) is 24.1. The van der Waals surface area contributed by atoms with E-state index in [9.17, 15) is 4.79 Å². The van der Waals surface area contributed by atoms with E-state index in [1.54, 1.807) is 0 Å². The smallest absolute Gasteiger partial charge is 0.236 e. The minimum atomic E-state index is 0.131. The standard InChI is InChI=1S/C19H27BrN4O2/c1-13-7-24(8-14(2)26-13)19(25)12-23-11-17-5-18(23)10-22(17)9-16-4-3-15(20)6-21-16/h3-4,6,13-14,17-18H,5,7-12H2,1-2H3. The third-order valence-electron chi connectivity index (χ3n) is 5.73. The molecule has 7 heteroatoms. The Balaban J connectivity index is 1.29. The summed E-state index contributed by atoms with van der Waals surface area (Å²) in [5.74, 6) is 0.251. The second-order valence-electron chi connectivity index (χ2n) is 7.93. The van der Waals surface area contributed by atoms with Gasteiger partial charge in [-0.1, -0.05) is 0 Å². The van der Waals surface area contributed by atoms with Crippen LogP contribution in [0, 0.1) is 0 Å². The largest absolute Gasteiger partial charge is 0.372 e. The number of nitrogens with zero attached hydrogens (tertiary/aromatic N) is 4. The number of piperazine rings is 1. The SMILES string of the molecule is CC1CN(C(=O)CN2CC3CC2CN3Cc2ccc(Br)cn2)CC(C)O1. The van der Waals surface area contributed by atoms with E-state index in [1.807, 2.05) is 31.0 Å². The Morgan fingerprint density at radius 1 is 1.15 bits per heavy atom. The minimum absolute atomic E-state index is 0.131. The van der Waals surface area contributed by atoms with E-state index in [2.05, 4.69) is 36.8 Å². The molecule has 0 spiro atoms. The van der Waals surface area contributed by atoms with E-state index in [0.717, 1.165) is 29.8 Å². The molecule has 1 amide bonds. The number of pyridine rings is 1. The number of aromatic nitrogens is 1. The zero-order chi connectivity index (χ0) is 18.3. The summed E-state index contributed by atoms with van der Waals surface area (Å²) in [5, 5.41) is 0. The number of fused-ring (bicyclic) bond motifs is 2. The van der Waals surface area contributed by atoms with Crippen molar-refractivity contribution in [2.24, 2.45) is 0 Å². The van der Waals surface area contributed by atoms with Crippen LogP contribution in [0.5, 0.6) is 0 Å². The lowest BCUT2D eigenvalue weighted by Crippen LogP contribution is -2.53. The zero-order valence-corrected chi connectivity index (χ0v) is 17.1. The fourth-order valence-electron chi connectivity index (χ4n) is 4.58. The normalized spacial score (nSPS) is 32.3. The van der Waals surface area contributed by atoms with E-state index in [1.165, 1.54) is 6.42 Å². The molecule has 3 saturated heterocycles. The molecule has 0 N–H and O–H groups in total. The molecular formula is C19H27BrN4O2. The van der Waals surface area contributed by atoms with Crippen molar-refractivity contribution >= 4 is 21.8 Å². The molecular weight excluding hydrogens is 396 g/mol. The van der Waals surface area contributed by atoms with Gasteiger partial charge in [0.15, 0.2) is 0 Å². The minimum Gasteiger partial charge on any atom is -0.372 e. The molecule has 1 aromatic rings. The van der Waals surface area contributed by atoms with Gasteiger partial charge in [-0.3, -0.25) is 19.6 Å². The van der Waals surface area contributed by atoms with Gasteiger partial charge in [0.05, 0.1) is 24.4 Å². The van der Waals surface area contributed by atoms with Crippen LogP contribution in [0.25, 0.3) is 0 Å². The van der Waals surface area contributed by atoms with Gasteiger partial charge in [-0.25, -0.2) is 0 Å². The highest BCUT2D eigenvalue weighted by Crippen LogP contribution is 2.31. The van der Waals surface area contributed by atoms with Crippen LogP contribution >= 0.6 is 15.9 Å². The number of hydrogen-bond acceptors (Lipinski definition) is 5. The molecule has 4 heterocycles. The monoisotopic (exact) mass is 422 g/mol. The summed E-state index contributed by atoms with van der Waals surface area (Å²) in [6, 6.07) is 5.17. The summed E-state index contributed by atoms with van der Waals surface area (Å²) in [6.45, 7) is 8.98. The van der Waals surface area contributed by atoms with Crippen molar-refractivity contribution in [3.63, 3.8) is 0 Å². The number of morpholine rings is 1. The first kappa shape index (κ1) is 18.3. The highest BCUT2D eigenvalue weighted by Gasteiger charge is 2.44. The highest BCUT2D eigenvalue weighted by atomic mass is 79.9. The van der Waals surface area contributed by atoms with E-state index < -0.39 is 0 Å². The van der Waals surface area contributed by atoms with Gasteiger partial charge < -0.3 is 9.64 Å². The van der Waals surface area contributed by atoms with Gasteiger partial charge in [0.2, 0.25) is 5.91 Å². The lowest BCUT2D eigenvalue weighted by Gasteiger charge is -2.38. The van der Waals surface area contributed by atoms with Crippen LogP contribution in [0.3, 0.4) is 0 Å². The van der Waals surface area contributed by atoms with Crippen molar-refractivity contribution in [2.75, 3.05) is 32.7 Å². The molecule has 4 unspecified atom stereocenters. The molecule has 0 aromatic carbocycles. The second kappa shape index (κ2) is 7.54. The Labute approximate surface area is 163 Å². The molecule has 3 aliphatic heterocycles. The van der Waals surface area contributed by atoms with Gasteiger partial charge >= 0.3 is 0 Å². The molecule has 4 atom stereocenters. The first-order chi connectivity index (χ1) is 12.5. The van der Waals surface area contributed by atoms with Gasteiger partial charge in [-0.2, -0.15) is 0 Å². The maximum Gasteiger partial charge on any atom is 0.236 e. The summed E-state index contributed by atoms with van der Waals surface area (Å²) >= 11 is 3.44. The average Bonchev–Trinajstić information content (AvgIpc) is 3.16. The Morgan fingerprint density at radius 2 is 1.85 bits per heavy atom. The van der Waals surface area contributed by atoms with Crippen LogP contribution in [-0.2, 0) is 16.1 Å². The van der Waals surface area contributed by atoms with E-state index in [4.69, 9.17) is 4.74 Å². The number of halogens is 1. The molecule has 0 radical (unpaired) electrons. The molecule has 142 valence electrons. The van der Waals surface area contributed by atoms with Gasteiger partial charge in [-0.15, -0.1) is 0 Å². The van der Waals surface area contributed by atoms with E-state index >= 15 is 0 Å². The molecule has 4 rings (SSSR count). The first-order valence-electron chi connectivity index (χ1n) is 9.49. The molecule has 1 aromatic heterocycles. The Hall–Kier alpha value is -1.02. The number of likely N-dealkylation sites (tertiary alicyclic amines) is 2. The lowest BCUT2D eigenvalue weighted by atomic mass is 10.2. The van der Waals surface area contributed by atoms with Crippen LogP contribution in [0.15, 0.2) is 22.8 Å². The molecule has 3 aliphatic rings. The fourth-order valence-corrected chi connectivity index (χ4v) is 4.82. The van der Waals surface area contributed by atoms with Gasteiger partial charge in [0.25, 0.3) is 0 Å². The predicted molar refractivity (Wildman–Crippen MR) is 103 cm³/mol. The lowest BCUT2D eigenvalue weighted by molar-refractivity contribution is -0.144. The number of carbonyl (C=O) groups is 1. The number of amides is 1.